The second-order valence-electron chi connectivity index (χ2n) is 4.70. The molecule has 0 radical (unpaired) electrons. The Balaban J connectivity index is 2.29. The molecule has 1 atom stereocenters. The molecule has 108 valence electrons. The van der Waals surface area contributed by atoms with Gasteiger partial charge in [0.05, 0.1) is 7.11 Å². The van der Waals surface area contributed by atoms with Crippen molar-refractivity contribution in [2.45, 2.75) is 5.60 Å². The smallest absolute Gasteiger partial charge is 0.266 e. The largest absolute Gasteiger partial charge is 0.496 e. The molecular weight excluding hydrogens is 297 g/mol. The van der Waals surface area contributed by atoms with Crippen molar-refractivity contribution in [3.63, 3.8) is 0 Å². The molecular formula is C15H11ClFNO3. The molecule has 2 aromatic rings. The maximum Gasteiger partial charge on any atom is 0.266 e. The second-order valence-corrected chi connectivity index (χ2v) is 5.14. The molecule has 0 saturated heterocycles. The second kappa shape index (κ2) is 4.72. The Hall–Kier alpha value is -2.11. The number of hydrogen-bond acceptors (Lipinski definition) is 3. The van der Waals surface area contributed by atoms with Gasteiger partial charge in [0, 0.05) is 21.8 Å². The lowest BCUT2D eigenvalue weighted by atomic mass is 9.87. The van der Waals surface area contributed by atoms with E-state index >= 15 is 0 Å². The third-order valence-electron chi connectivity index (χ3n) is 3.50. The Morgan fingerprint density at radius 3 is 2.71 bits per heavy atom. The number of rotatable bonds is 2. The van der Waals surface area contributed by atoms with Crippen LogP contribution in [0.2, 0.25) is 5.02 Å². The summed E-state index contributed by atoms with van der Waals surface area (Å²) >= 11 is 5.94. The first-order valence-electron chi connectivity index (χ1n) is 6.14. The summed E-state index contributed by atoms with van der Waals surface area (Å²) in [5, 5.41) is 13.8. The number of benzene rings is 2. The SMILES string of the molecule is COc1ccc(F)cc1C1(O)C(=O)Nc2ccc(Cl)cc21. The highest BCUT2D eigenvalue weighted by Crippen LogP contribution is 2.45. The summed E-state index contributed by atoms with van der Waals surface area (Å²) in [5.41, 5.74) is -1.32. The van der Waals surface area contributed by atoms with Crippen LogP contribution in [0.5, 0.6) is 5.75 Å². The highest BCUT2D eigenvalue weighted by molar-refractivity contribution is 6.31. The van der Waals surface area contributed by atoms with Crippen LogP contribution >= 0.6 is 11.6 Å². The third kappa shape index (κ3) is 1.97. The molecule has 0 aliphatic carbocycles. The molecule has 0 spiro atoms. The van der Waals surface area contributed by atoms with Crippen LogP contribution in [0.25, 0.3) is 0 Å². The number of halogens is 2. The minimum atomic E-state index is -2.05. The van der Waals surface area contributed by atoms with Gasteiger partial charge < -0.3 is 15.2 Å². The van der Waals surface area contributed by atoms with Gasteiger partial charge in [0.25, 0.3) is 5.91 Å². The van der Waals surface area contributed by atoms with Crippen molar-refractivity contribution in [3.05, 3.63) is 58.4 Å². The number of ether oxygens (including phenoxy) is 1. The van der Waals surface area contributed by atoms with Crippen LogP contribution in [0.3, 0.4) is 0 Å². The van der Waals surface area contributed by atoms with Crippen LogP contribution in [0, 0.1) is 5.82 Å². The van der Waals surface area contributed by atoms with Gasteiger partial charge in [0.15, 0.2) is 5.60 Å². The van der Waals surface area contributed by atoms with Crippen molar-refractivity contribution in [2.75, 3.05) is 12.4 Å². The fourth-order valence-electron chi connectivity index (χ4n) is 2.49. The molecule has 3 rings (SSSR count). The standard InChI is InChI=1S/C15H11ClFNO3/c1-21-13-5-3-9(17)7-11(13)15(20)10-6-8(16)2-4-12(10)18-14(15)19/h2-7,20H,1H3,(H,18,19). The van der Waals surface area contributed by atoms with Crippen molar-refractivity contribution in [1.82, 2.24) is 0 Å². The molecule has 1 aliphatic heterocycles. The molecule has 2 aromatic carbocycles. The predicted molar refractivity (Wildman–Crippen MR) is 76.0 cm³/mol. The summed E-state index contributed by atoms with van der Waals surface area (Å²) in [5.74, 6) is -1.05. The van der Waals surface area contributed by atoms with E-state index in [9.17, 15) is 14.3 Å². The quantitative estimate of drug-likeness (QED) is 0.897. The van der Waals surface area contributed by atoms with E-state index in [2.05, 4.69) is 5.32 Å². The molecule has 4 nitrogen and oxygen atoms in total. The number of fused-ring (bicyclic) bond motifs is 1. The van der Waals surface area contributed by atoms with Gasteiger partial charge in [0.1, 0.15) is 11.6 Å². The Morgan fingerprint density at radius 2 is 2.00 bits per heavy atom. The summed E-state index contributed by atoms with van der Waals surface area (Å²) in [6, 6.07) is 8.28. The first kappa shape index (κ1) is 13.9. The van der Waals surface area contributed by atoms with Gasteiger partial charge in [-0.2, -0.15) is 0 Å². The fourth-order valence-corrected chi connectivity index (χ4v) is 2.66. The van der Waals surface area contributed by atoms with Gasteiger partial charge in [-0.15, -0.1) is 0 Å². The molecule has 0 bridgehead atoms. The minimum absolute atomic E-state index is 0.0310. The molecule has 1 unspecified atom stereocenters. The molecule has 1 heterocycles. The van der Waals surface area contributed by atoms with E-state index in [1.54, 1.807) is 12.1 Å². The van der Waals surface area contributed by atoms with Gasteiger partial charge in [-0.05, 0) is 36.4 Å². The molecule has 1 aliphatic rings. The summed E-state index contributed by atoms with van der Waals surface area (Å²) < 4.78 is 18.7. The number of nitrogens with one attached hydrogen (secondary N) is 1. The lowest BCUT2D eigenvalue weighted by molar-refractivity contribution is -0.129. The lowest BCUT2D eigenvalue weighted by Gasteiger charge is -2.23. The molecule has 2 N–H and O–H groups in total. The van der Waals surface area contributed by atoms with Crippen LogP contribution in [-0.2, 0) is 10.4 Å². The van der Waals surface area contributed by atoms with E-state index in [0.717, 1.165) is 6.07 Å². The molecule has 0 fully saturated rings. The summed E-state index contributed by atoms with van der Waals surface area (Å²) in [6.07, 6.45) is 0. The molecule has 0 aromatic heterocycles. The summed E-state index contributed by atoms with van der Waals surface area (Å²) in [7, 11) is 1.38. The van der Waals surface area contributed by atoms with Crippen LogP contribution in [0.1, 0.15) is 11.1 Å². The first-order valence-corrected chi connectivity index (χ1v) is 6.52. The minimum Gasteiger partial charge on any atom is -0.496 e. The van der Waals surface area contributed by atoms with Gasteiger partial charge in [0.2, 0.25) is 0 Å². The van der Waals surface area contributed by atoms with Crippen molar-refractivity contribution in [2.24, 2.45) is 0 Å². The Labute approximate surface area is 125 Å². The van der Waals surface area contributed by atoms with E-state index < -0.39 is 17.3 Å². The number of hydrogen-bond donors (Lipinski definition) is 2. The van der Waals surface area contributed by atoms with Crippen molar-refractivity contribution in [3.8, 4) is 5.75 Å². The van der Waals surface area contributed by atoms with Crippen LogP contribution in [0.15, 0.2) is 36.4 Å². The van der Waals surface area contributed by atoms with E-state index in [1.807, 2.05) is 0 Å². The number of amides is 1. The molecule has 0 saturated carbocycles. The normalized spacial score (nSPS) is 20.1. The number of carbonyl (C=O) groups is 1. The zero-order valence-corrected chi connectivity index (χ0v) is 11.7. The first-order chi connectivity index (χ1) is 9.96. The Kier molecular flexibility index (Phi) is 3.11. The fraction of sp³-hybridized carbons (Fsp3) is 0.133. The molecule has 6 heteroatoms. The average Bonchev–Trinajstić information content (AvgIpc) is 2.72. The van der Waals surface area contributed by atoms with Crippen LogP contribution in [-0.4, -0.2) is 18.1 Å². The maximum absolute atomic E-state index is 13.6. The topological polar surface area (TPSA) is 58.6 Å². The van der Waals surface area contributed by atoms with Crippen LogP contribution in [0.4, 0.5) is 10.1 Å². The zero-order chi connectivity index (χ0) is 15.2. The van der Waals surface area contributed by atoms with Gasteiger partial charge in [-0.1, -0.05) is 11.6 Å². The van der Waals surface area contributed by atoms with Gasteiger partial charge in [-0.25, -0.2) is 4.39 Å². The van der Waals surface area contributed by atoms with Gasteiger partial charge in [-0.3, -0.25) is 4.79 Å². The summed E-state index contributed by atoms with van der Waals surface area (Å²) in [4.78, 5) is 12.3. The number of anilines is 1. The van der Waals surface area contributed by atoms with Gasteiger partial charge >= 0.3 is 0 Å². The van der Waals surface area contributed by atoms with Crippen molar-refractivity contribution >= 4 is 23.2 Å². The monoisotopic (exact) mass is 307 g/mol. The van der Waals surface area contributed by atoms with Crippen molar-refractivity contribution in [1.29, 1.82) is 0 Å². The van der Waals surface area contributed by atoms with E-state index in [-0.39, 0.29) is 16.9 Å². The van der Waals surface area contributed by atoms with E-state index in [4.69, 9.17) is 16.3 Å². The predicted octanol–water partition coefficient (Wildman–Crippen LogP) is 2.68. The molecule has 21 heavy (non-hydrogen) atoms. The summed E-state index contributed by atoms with van der Waals surface area (Å²) in [6.45, 7) is 0. The molecule has 1 amide bonds. The Bertz CT molecular complexity index is 750. The zero-order valence-electron chi connectivity index (χ0n) is 11.0. The maximum atomic E-state index is 13.6. The highest BCUT2D eigenvalue weighted by atomic mass is 35.5. The number of carbonyl (C=O) groups excluding carboxylic acids is 1. The number of aliphatic hydroxyl groups is 1. The van der Waals surface area contributed by atoms with E-state index in [0.29, 0.717) is 10.7 Å². The number of methoxy groups -OCH3 is 1. The third-order valence-corrected chi connectivity index (χ3v) is 3.73. The Morgan fingerprint density at radius 1 is 1.24 bits per heavy atom. The highest BCUT2D eigenvalue weighted by Gasteiger charge is 2.48. The van der Waals surface area contributed by atoms with E-state index in [1.165, 1.54) is 25.3 Å². The lowest BCUT2D eigenvalue weighted by Crippen LogP contribution is -2.35. The van der Waals surface area contributed by atoms with Crippen molar-refractivity contribution < 1.29 is 19.0 Å². The van der Waals surface area contributed by atoms with Crippen LogP contribution < -0.4 is 10.1 Å². The average molecular weight is 308 g/mol.